The number of carbonyl (C=O) groups excluding carboxylic acids is 1. The highest BCUT2D eigenvalue weighted by atomic mass is 16.7. The number of rotatable bonds is 4. The molecule has 1 aliphatic heterocycles. The summed E-state index contributed by atoms with van der Waals surface area (Å²) >= 11 is 0. The van der Waals surface area contributed by atoms with E-state index in [2.05, 4.69) is 12.1 Å². The predicted octanol–water partition coefficient (Wildman–Crippen LogP) is 3.12. The molecule has 0 unspecified atom stereocenters. The van der Waals surface area contributed by atoms with Crippen molar-refractivity contribution < 1.29 is 19.0 Å². The first-order chi connectivity index (χ1) is 10.7. The van der Waals surface area contributed by atoms with Gasteiger partial charge in [0.1, 0.15) is 6.42 Å². The maximum Gasteiger partial charge on any atom is 0.311 e. The second-order valence-corrected chi connectivity index (χ2v) is 5.15. The van der Waals surface area contributed by atoms with E-state index in [1.165, 1.54) is 7.11 Å². The van der Waals surface area contributed by atoms with E-state index in [1.54, 1.807) is 0 Å². The van der Waals surface area contributed by atoms with Crippen molar-refractivity contribution in [1.29, 1.82) is 0 Å². The Morgan fingerprint density at radius 2 is 1.59 bits per heavy atom. The van der Waals surface area contributed by atoms with Crippen LogP contribution in [0.3, 0.4) is 0 Å². The van der Waals surface area contributed by atoms with Gasteiger partial charge in [-0.25, -0.2) is 0 Å². The number of hydrogen-bond donors (Lipinski definition) is 0. The molecular weight excluding hydrogens is 280 g/mol. The minimum Gasteiger partial charge on any atom is -0.469 e. The molecule has 0 spiro atoms. The van der Waals surface area contributed by atoms with Crippen molar-refractivity contribution in [3.8, 4) is 11.1 Å². The lowest BCUT2D eigenvalue weighted by atomic mass is 9.98. The highest BCUT2D eigenvalue weighted by Gasteiger charge is 2.41. The Balaban J connectivity index is 1.88. The lowest BCUT2D eigenvalue weighted by Crippen LogP contribution is -2.30. The first-order valence-electron chi connectivity index (χ1n) is 7.24. The lowest BCUT2D eigenvalue weighted by Gasteiger charge is -2.26. The molecule has 4 nitrogen and oxygen atoms in total. The van der Waals surface area contributed by atoms with Crippen LogP contribution in [0, 0.1) is 0 Å². The zero-order valence-corrected chi connectivity index (χ0v) is 12.5. The van der Waals surface area contributed by atoms with E-state index >= 15 is 0 Å². The molecule has 0 saturated carbocycles. The van der Waals surface area contributed by atoms with Crippen molar-refractivity contribution in [2.75, 3.05) is 20.3 Å². The van der Waals surface area contributed by atoms with Crippen LogP contribution in [-0.4, -0.2) is 26.3 Å². The van der Waals surface area contributed by atoms with Crippen LogP contribution in [0.4, 0.5) is 0 Å². The summed E-state index contributed by atoms with van der Waals surface area (Å²) in [5.41, 5.74) is 3.08. The molecule has 0 amide bonds. The average Bonchev–Trinajstić information content (AvgIpc) is 3.05. The Hall–Kier alpha value is -2.17. The fourth-order valence-electron chi connectivity index (χ4n) is 2.63. The highest BCUT2D eigenvalue weighted by molar-refractivity contribution is 5.71. The Kier molecular flexibility index (Phi) is 4.22. The van der Waals surface area contributed by atoms with Gasteiger partial charge in [0.25, 0.3) is 0 Å². The second-order valence-electron chi connectivity index (χ2n) is 5.15. The van der Waals surface area contributed by atoms with Gasteiger partial charge in [-0.05, 0) is 11.1 Å². The number of hydrogen-bond acceptors (Lipinski definition) is 4. The summed E-state index contributed by atoms with van der Waals surface area (Å²) < 4.78 is 16.2. The SMILES string of the molecule is COC(=O)CC1(c2ccc(-c3ccccc3)cc2)OCCO1. The molecule has 114 valence electrons. The van der Waals surface area contributed by atoms with Gasteiger partial charge in [0.05, 0.1) is 20.3 Å². The summed E-state index contributed by atoms with van der Waals surface area (Å²) in [7, 11) is 1.36. The largest absolute Gasteiger partial charge is 0.469 e. The van der Waals surface area contributed by atoms with Gasteiger partial charge in [-0.1, -0.05) is 54.6 Å². The normalized spacial score (nSPS) is 16.4. The fourth-order valence-corrected chi connectivity index (χ4v) is 2.63. The van der Waals surface area contributed by atoms with E-state index in [4.69, 9.17) is 14.2 Å². The van der Waals surface area contributed by atoms with Crippen LogP contribution >= 0.6 is 0 Å². The Bertz CT molecular complexity index is 628. The van der Waals surface area contributed by atoms with Crippen LogP contribution in [0.15, 0.2) is 54.6 Å². The third-order valence-electron chi connectivity index (χ3n) is 3.79. The van der Waals surface area contributed by atoms with E-state index in [0.717, 1.165) is 16.7 Å². The van der Waals surface area contributed by atoms with Crippen molar-refractivity contribution in [2.24, 2.45) is 0 Å². The van der Waals surface area contributed by atoms with Crippen molar-refractivity contribution in [2.45, 2.75) is 12.2 Å². The van der Waals surface area contributed by atoms with Crippen LogP contribution in [-0.2, 0) is 24.8 Å². The average molecular weight is 298 g/mol. The van der Waals surface area contributed by atoms with E-state index in [-0.39, 0.29) is 12.4 Å². The minimum absolute atomic E-state index is 0.0498. The molecular formula is C18H18O4. The lowest BCUT2D eigenvalue weighted by molar-refractivity contribution is -0.186. The van der Waals surface area contributed by atoms with Crippen LogP contribution < -0.4 is 0 Å². The predicted molar refractivity (Wildman–Crippen MR) is 82.1 cm³/mol. The smallest absolute Gasteiger partial charge is 0.311 e. The van der Waals surface area contributed by atoms with Gasteiger partial charge in [0.2, 0.25) is 5.79 Å². The van der Waals surface area contributed by atoms with Gasteiger partial charge in [-0.2, -0.15) is 0 Å². The van der Waals surface area contributed by atoms with Crippen molar-refractivity contribution in [1.82, 2.24) is 0 Å². The van der Waals surface area contributed by atoms with Gasteiger partial charge in [-0.15, -0.1) is 0 Å². The molecule has 3 rings (SSSR count). The maximum absolute atomic E-state index is 11.7. The third kappa shape index (κ3) is 2.89. The molecule has 22 heavy (non-hydrogen) atoms. The Labute approximate surface area is 129 Å². The molecule has 0 atom stereocenters. The summed E-state index contributed by atoms with van der Waals surface area (Å²) in [6, 6.07) is 18.0. The molecule has 0 aliphatic carbocycles. The molecule has 2 aromatic carbocycles. The van der Waals surface area contributed by atoms with Gasteiger partial charge >= 0.3 is 5.97 Å². The zero-order valence-electron chi connectivity index (χ0n) is 12.5. The van der Waals surface area contributed by atoms with E-state index in [1.807, 2.05) is 42.5 Å². The summed E-state index contributed by atoms with van der Waals surface area (Å²) in [5.74, 6) is -1.38. The van der Waals surface area contributed by atoms with Crippen LogP contribution in [0.1, 0.15) is 12.0 Å². The zero-order chi connectivity index (χ0) is 15.4. The molecule has 1 fully saturated rings. The Morgan fingerprint density at radius 1 is 1.00 bits per heavy atom. The summed E-state index contributed by atoms with van der Waals surface area (Å²) in [5, 5.41) is 0. The summed E-state index contributed by atoms with van der Waals surface area (Å²) in [4.78, 5) is 11.7. The van der Waals surface area contributed by atoms with Crippen LogP contribution in [0.5, 0.6) is 0 Å². The van der Waals surface area contributed by atoms with E-state index in [9.17, 15) is 4.79 Å². The molecule has 2 aromatic rings. The number of esters is 1. The number of methoxy groups -OCH3 is 1. The Morgan fingerprint density at radius 3 is 2.18 bits per heavy atom. The molecule has 0 N–H and O–H groups in total. The van der Waals surface area contributed by atoms with Gasteiger partial charge in [0.15, 0.2) is 0 Å². The van der Waals surface area contributed by atoms with Crippen LogP contribution in [0.2, 0.25) is 0 Å². The van der Waals surface area contributed by atoms with Crippen molar-refractivity contribution in [3.63, 3.8) is 0 Å². The molecule has 1 heterocycles. The first kappa shape index (κ1) is 14.8. The third-order valence-corrected chi connectivity index (χ3v) is 3.79. The highest BCUT2D eigenvalue weighted by Crippen LogP contribution is 2.36. The molecule has 0 aromatic heterocycles. The van der Waals surface area contributed by atoms with Crippen molar-refractivity contribution >= 4 is 5.97 Å². The number of benzene rings is 2. The summed E-state index contributed by atoms with van der Waals surface area (Å²) in [6.45, 7) is 0.939. The van der Waals surface area contributed by atoms with Gasteiger partial charge in [0, 0.05) is 5.56 Å². The fraction of sp³-hybridized carbons (Fsp3) is 0.278. The van der Waals surface area contributed by atoms with Gasteiger partial charge < -0.3 is 14.2 Å². The second kappa shape index (κ2) is 6.30. The van der Waals surface area contributed by atoms with Gasteiger partial charge in [-0.3, -0.25) is 4.79 Å². The van der Waals surface area contributed by atoms with Crippen LogP contribution in [0.25, 0.3) is 11.1 Å². The number of carbonyl (C=O) groups is 1. The van der Waals surface area contributed by atoms with E-state index < -0.39 is 5.79 Å². The molecule has 4 heteroatoms. The quantitative estimate of drug-likeness (QED) is 0.814. The number of ether oxygens (including phenoxy) is 3. The topological polar surface area (TPSA) is 44.8 Å². The minimum atomic E-state index is -1.03. The molecule has 1 saturated heterocycles. The molecule has 1 aliphatic rings. The van der Waals surface area contributed by atoms with E-state index in [0.29, 0.717) is 13.2 Å². The standard InChI is InChI=1S/C18H18O4/c1-20-17(19)13-18(21-11-12-22-18)16-9-7-15(8-10-16)14-5-3-2-4-6-14/h2-10H,11-13H2,1H3. The monoisotopic (exact) mass is 298 g/mol. The molecule has 0 radical (unpaired) electrons. The summed E-state index contributed by atoms with van der Waals surface area (Å²) in [6.07, 6.45) is 0.0498. The van der Waals surface area contributed by atoms with Crippen molar-refractivity contribution in [3.05, 3.63) is 60.2 Å². The molecule has 0 bridgehead atoms. The first-order valence-corrected chi connectivity index (χ1v) is 7.24. The maximum atomic E-state index is 11.7.